The number of benzene rings is 2. The lowest BCUT2D eigenvalue weighted by molar-refractivity contribution is 0.302. The fourth-order valence-electron chi connectivity index (χ4n) is 5.05. The molecule has 0 unspecified atom stereocenters. The molecule has 0 saturated carbocycles. The minimum Gasteiger partial charge on any atom is -0.488 e. The zero-order chi connectivity index (χ0) is 18.5. The number of hydrogen-bond donors (Lipinski definition) is 2. The van der Waals surface area contributed by atoms with E-state index < -0.39 is 0 Å². The van der Waals surface area contributed by atoms with Gasteiger partial charge in [0.15, 0.2) is 0 Å². The molecular formula is C23H24N4O. The largest absolute Gasteiger partial charge is 0.488 e. The molecule has 0 amide bonds. The van der Waals surface area contributed by atoms with Crippen LogP contribution in [0.3, 0.4) is 0 Å². The van der Waals surface area contributed by atoms with Crippen molar-refractivity contribution in [1.82, 2.24) is 15.1 Å². The van der Waals surface area contributed by atoms with Gasteiger partial charge in [-0.2, -0.15) is 5.10 Å². The van der Waals surface area contributed by atoms with E-state index in [0.717, 1.165) is 17.0 Å². The van der Waals surface area contributed by atoms with E-state index in [1.807, 2.05) is 16.9 Å². The summed E-state index contributed by atoms with van der Waals surface area (Å²) in [6.45, 7) is 0.609. The molecular weight excluding hydrogens is 348 g/mol. The fraction of sp³-hybridized carbons (Fsp3) is 0.348. The molecule has 28 heavy (non-hydrogen) atoms. The summed E-state index contributed by atoms with van der Waals surface area (Å²) >= 11 is 0. The Morgan fingerprint density at radius 1 is 1.04 bits per heavy atom. The molecule has 1 aromatic heterocycles. The van der Waals surface area contributed by atoms with Gasteiger partial charge in [0, 0.05) is 47.8 Å². The molecule has 6 rings (SSSR count). The zero-order valence-electron chi connectivity index (χ0n) is 15.8. The second-order valence-electron chi connectivity index (χ2n) is 8.24. The van der Waals surface area contributed by atoms with Gasteiger partial charge in [-0.3, -0.25) is 0 Å². The van der Waals surface area contributed by atoms with Crippen molar-refractivity contribution < 1.29 is 4.74 Å². The Kier molecular flexibility index (Phi) is 3.69. The highest BCUT2D eigenvalue weighted by molar-refractivity contribution is 5.78. The van der Waals surface area contributed by atoms with Crippen LogP contribution in [0, 0.1) is 0 Å². The lowest BCUT2D eigenvalue weighted by Gasteiger charge is -2.31. The van der Waals surface area contributed by atoms with Gasteiger partial charge in [-0.25, -0.2) is 4.68 Å². The molecule has 3 aromatic rings. The number of nitrogens with zero attached hydrogens (tertiary/aromatic N) is 2. The number of anilines is 1. The van der Waals surface area contributed by atoms with E-state index in [2.05, 4.69) is 52.1 Å². The van der Waals surface area contributed by atoms with Gasteiger partial charge in [0.25, 0.3) is 0 Å². The van der Waals surface area contributed by atoms with Crippen LogP contribution >= 0.6 is 0 Å². The highest BCUT2D eigenvalue weighted by Gasteiger charge is 2.33. The number of aromatic nitrogens is 2. The van der Waals surface area contributed by atoms with Crippen molar-refractivity contribution in [3.05, 3.63) is 60.4 Å². The van der Waals surface area contributed by atoms with Crippen LogP contribution < -0.4 is 15.4 Å². The Hall–Kier alpha value is -2.79. The van der Waals surface area contributed by atoms with Gasteiger partial charge in [0.05, 0.1) is 5.69 Å². The molecule has 3 aliphatic rings. The van der Waals surface area contributed by atoms with Crippen LogP contribution in [0.25, 0.3) is 16.8 Å². The summed E-state index contributed by atoms with van der Waals surface area (Å²) in [7, 11) is 0. The van der Waals surface area contributed by atoms with Gasteiger partial charge in [-0.15, -0.1) is 0 Å². The van der Waals surface area contributed by atoms with Crippen molar-refractivity contribution in [2.75, 3.05) is 5.32 Å². The summed E-state index contributed by atoms with van der Waals surface area (Å²) in [5.74, 6) is 0.927. The Bertz CT molecular complexity index is 1000. The highest BCUT2D eigenvalue weighted by atomic mass is 16.5. The summed E-state index contributed by atoms with van der Waals surface area (Å²) in [6.07, 6.45) is 8.85. The van der Waals surface area contributed by atoms with Crippen LogP contribution in [0.1, 0.15) is 31.2 Å². The SMILES string of the molecule is c1cnn(-c2ccc3c(c2)OCc2cc(N[C@@H]4C[C@H]5CC[C@@H](C4)N5)ccc2-3)c1. The van der Waals surface area contributed by atoms with E-state index in [9.17, 15) is 0 Å². The van der Waals surface area contributed by atoms with E-state index in [-0.39, 0.29) is 0 Å². The predicted molar refractivity (Wildman–Crippen MR) is 110 cm³/mol. The molecule has 5 heteroatoms. The minimum atomic E-state index is 0.574. The molecule has 142 valence electrons. The Balaban J connectivity index is 1.26. The van der Waals surface area contributed by atoms with Crippen molar-refractivity contribution in [3.63, 3.8) is 0 Å². The number of ether oxygens (including phenoxy) is 1. The third-order valence-corrected chi connectivity index (χ3v) is 6.36. The monoisotopic (exact) mass is 372 g/mol. The maximum absolute atomic E-state index is 6.10. The average Bonchev–Trinajstić information content (AvgIpc) is 3.37. The van der Waals surface area contributed by atoms with Crippen LogP contribution in [0.5, 0.6) is 5.75 Å². The van der Waals surface area contributed by atoms with Gasteiger partial charge in [0.2, 0.25) is 0 Å². The number of rotatable bonds is 3. The molecule has 0 aliphatic carbocycles. The molecule has 5 nitrogen and oxygen atoms in total. The molecule has 2 bridgehead atoms. The molecule has 3 aliphatic heterocycles. The standard InChI is InChI=1S/C23H24N4O/c1-8-24-27(9-1)20-5-7-22-21-6-4-16(10-15(21)14-28-23(22)13-20)26-19-11-17-2-3-18(12-19)25-17/h1,4-10,13,17-19,25-26H,2-3,11-12,14H2/t17-,18+,19-. The maximum atomic E-state index is 6.10. The summed E-state index contributed by atoms with van der Waals surface area (Å²) in [5.41, 5.74) is 5.91. The quantitative estimate of drug-likeness (QED) is 0.726. The lowest BCUT2D eigenvalue weighted by Crippen LogP contribution is -2.43. The van der Waals surface area contributed by atoms with E-state index in [4.69, 9.17) is 4.74 Å². The number of hydrogen-bond acceptors (Lipinski definition) is 4. The van der Waals surface area contributed by atoms with Crippen molar-refractivity contribution in [3.8, 4) is 22.6 Å². The summed E-state index contributed by atoms with van der Waals surface area (Å²) in [4.78, 5) is 0. The smallest absolute Gasteiger partial charge is 0.129 e. The van der Waals surface area contributed by atoms with Gasteiger partial charge in [0.1, 0.15) is 12.4 Å². The number of piperidine rings is 1. The van der Waals surface area contributed by atoms with Gasteiger partial charge >= 0.3 is 0 Å². The normalized spacial score (nSPS) is 24.9. The van der Waals surface area contributed by atoms with Gasteiger partial charge in [-0.05, 0) is 67.1 Å². The van der Waals surface area contributed by atoms with Crippen molar-refractivity contribution in [2.45, 2.75) is 50.4 Å². The number of nitrogens with one attached hydrogen (secondary N) is 2. The topological polar surface area (TPSA) is 51.1 Å². The molecule has 0 spiro atoms. The van der Waals surface area contributed by atoms with E-state index in [1.165, 1.54) is 42.5 Å². The first-order chi connectivity index (χ1) is 13.8. The summed E-state index contributed by atoms with van der Waals surface area (Å²) in [5, 5.41) is 11.8. The molecule has 4 heterocycles. The van der Waals surface area contributed by atoms with Crippen molar-refractivity contribution in [1.29, 1.82) is 0 Å². The average molecular weight is 372 g/mol. The Morgan fingerprint density at radius 3 is 2.71 bits per heavy atom. The van der Waals surface area contributed by atoms with Crippen LogP contribution in [0.15, 0.2) is 54.9 Å². The third-order valence-electron chi connectivity index (χ3n) is 6.36. The minimum absolute atomic E-state index is 0.574. The molecule has 3 atom stereocenters. The van der Waals surface area contributed by atoms with Crippen molar-refractivity contribution >= 4 is 5.69 Å². The second kappa shape index (κ2) is 6.38. The number of fused-ring (bicyclic) bond motifs is 5. The van der Waals surface area contributed by atoms with Gasteiger partial charge in [-0.1, -0.05) is 6.07 Å². The van der Waals surface area contributed by atoms with Gasteiger partial charge < -0.3 is 15.4 Å². The Labute approximate surface area is 164 Å². The Morgan fingerprint density at radius 2 is 1.89 bits per heavy atom. The fourth-order valence-corrected chi connectivity index (χ4v) is 5.05. The van der Waals surface area contributed by atoms with Crippen LogP contribution in [0.2, 0.25) is 0 Å². The van der Waals surface area contributed by atoms with Crippen LogP contribution in [0.4, 0.5) is 5.69 Å². The highest BCUT2D eigenvalue weighted by Crippen LogP contribution is 2.40. The molecule has 0 radical (unpaired) electrons. The van der Waals surface area contributed by atoms with E-state index in [1.54, 1.807) is 6.20 Å². The van der Waals surface area contributed by atoms with Crippen LogP contribution in [-0.2, 0) is 6.61 Å². The molecule has 2 N–H and O–H groups in total. The van der Waals surface area contributed by atoms with Crippen LogP contribution in [-0.4, -0.2) is 27.9 Å². The molecule has 2 aromatic carbocycles. The lowest BCUT2D eigenvalue weighted by atomic mass is 9.95. The zero-order valence-corrected chi connectivity index (χ0v) is 15.8. The molecule has 2 saturated heterocycles. The first-order valence-electron chi connectivity index (χ1n) is 10.2. The van der Waals surface area contributed by atoms with Crippen molar-refractivity contribution in [2.24, 2.45) is 0 Å². The van der Waals surface area contributed by atoms with E-state index in [0.29, 0.717) is 24.7 Å². The first-order valence-corrected chi connectivity index (χ1v) is 10.2. The third kappa shape index (κ3) is 2.78. The maximum Gasteiger partial charge on any atom is 0.129 e. The first kappa shape index (κ1) is 16.2. The predicted octanol–water partition coefficient (Wildman–Crippen LogP) is 4.13. The second-order valence-corrected chi connectivity index (χ2v) is 8.24. The molecule has 2 fully saturated rings. The van der Waals surface area contributed by atoms with E-state index >= 15 is 0 Å². The summed E-state index contributed by atoms with van der Waals surface area (Å²) < 4.78 is 7.96. The summed E-state index contributed by atoms with van der Waals surface area (Å²) in [6, 6.07) is 16.9.